The Balaban J connectivity index is 1.50. The van der Waals surface area contributed by atoms with E-state index in [1.54, 1.807) is 7.11 Å². The van der Waals surface area contributed by atoms with Crippen LogP contribution in [0.3, 0.4) is 0 Å². The highest BCUT2D eigenvalue weighted by Gasteiger charge is 2.18. The fourth-order valence-corrected chi connectivity index (χ4v) is 5.37. The van der Waals surface area contributed by atoms with E-state index in [1.807, 2.05) is 89.4 Å². The lowest BCUT2D eigenvalue weighted by atomic mass is 9.98. The summed E-state index contributed by atoms with van der Waals surface area (Å²) in [6.45, 7) is 1.68. The molecule has 0 spiro atoms. The fourth-order valence-electron chi connectivity index (χ4n) is 4.72. The lowest BCUT2D eigenvalue weighted by Gasteiger charge is -2.17. The normalized spacial score (nSPS) is 11.3. The van der Waals surface area contributed by atoms with E-state index in [1.165, 1.54) is 0 Å². The van der Waals surface area contributed by atoms with Crippen LogP contribution in [0.1, 0.15) is 5.56 Å². The molecule has 10 heteroatoms. The Morgan fingerprint density at radius 3 is 2.17 bits per heavy atom. The number of rotatable bonds is 11. The maximum atomic E-state index is 9.28. The molecule has 0 unspecified atom stereocenters. The van der Waals surface area contributed by atoms with E-state index < -0.39 is 0 Å². The molecule has 212 valence electrons. The minimum atomic E-state index is 0.0566. The summed E-state index contributed by atoms with van der Waals surface area (Å²) in [5.41, 5.74) is 7.17. The van der Waals surface area contributed by atoms with E-state index in [4.69, 9.17) is 43.0 Å². The Bertz CT molecular complexity index is 1670. The van der Waals surface area contributed by atoms with Crippen molar-refractivity contribution >= 4 is 34.5 Å². The molecular formula is C31H31Cl2N5O3. The van der Waals surface area contributed by atoms with Crippen molar-refractivity contribution in [1.82, 2.24) is 19.7 Å². The first-order valence-corrected chi connectivity index (χ1v) is 13.9. The molecule has 3 aromatic heterocycles. The van der Waals surface area contributed by atoms with Gasteiger partial charge in [-0.15, -0.1) is 0 Å². The Hall–Kier alpha value is -3.66. The van der Waals surface area contributed by atoms with Crippen molar-refractivity contribution in [2.75, 3.05) is 45.4 Å². The molecule has 3 N–H and O–H groups in total. The van der Waals surface area contributed by atoms with Crippen LogP contribution in [0.2, 0.25) is 10.0 Å². The van der Waals surface area contributed by atoms with Crippen molar-refractivity contribution in [3.63, 3.8) is 0 Å². The number of nitrogens with zero attached hydrogens (tertiary/aromatic N) is 4. The summed E-state index contributed by atoms with van der Waals surface area (Å²) in [7, 11) is 3.52. The van der Waals surface area contributed by atoms with Gasteiger partial charge in [0.05, 0.1) is 47.4 Å². The summed E-state index contributed by atoms with van der Waals surface area (Å²) in [6, 6.07) is 19.4. The highest BCUT2D eigenvalue weighted by molar-refractivity contribution is 6.39. The second-order valence-electron chi connectivity index (χ2n) is 9.52. The molecule has 5 aromatic rings. The van der Waals surface area contributed by atoms with Gasteiger partial charge in [-0.2, -0.15) is 0 Å². The van der Waals surface area contributed by atoms with Crippen LogP contribution in [-0.2, 0) is 6.54 Å². The zero-order chi connectivity index (χ0) is 28.9. The maximum Gasteiger partial charge on any atom is 0.218 e. The SMILES string of the molecule is COc1nc(-c2cccc(-c3cccc(-c4cn5cc(N(C)CCO)ccc5n4)c3Cl)c2Cl)ccc1CNCCO. The van der Waals surface area contributed by atoms with E-state index in [2.05, 4.69) is 5.32 Å². The van der Waals surface area contributed by atoms with Gasteiger partial charge in [0.25, 0.3) is 0 Å². The molecule has 0 aliphatic carbocycles. The van der Waals surface area contributed by atoms with Gasteiger partial charge < -0.3 is 29.6 Å². The van der Waals surface area contributed by atoms with E-state index in [0.717, 1.165) is 44.8 Å². The number of likely N-dealkylation sites (N-methyl/N-ethyl adjacent to an activating group) is 1. The summed E-state index contributed by atoms with van der Waals surface area (Å²) < 4.78 is 7.49. The first kappa shape index (κ1) is 28.9. The van der Waals surface area contributed by atoms with E-state index in [9.17, 15) is 5.11 Å². The number of anilines is 1. The van der Waals surface area contributed by atoms with Gasteiger partial charge in [-0.1, -0.05) is 65.7 Å². The second kappa shape index (κ2) is 12.9. The number of aliphatic hydroxyl groups is 2. The molecule has 0 aliphatic rings. The molecule has 0 saturated carbocycles. The summed E-state index contributed by atoms with van der Waals surface area (Å²) in [6.07, 6.45) is 3.93. The Morgan fingerprint density at radius 1 is 0.829 bits per heavy atom. The Kier molecular flexibility index (Phi) is 9.07. The third-order valence-corrected chi connectivity index (χ3v) is 7.70. The third-order valence-electron chi connectivity index (χ3n) is 6.89. The Morgan fingerprint density at radius 2 is 1.51 bits per heavy atom. The molecule has 2 aromatic carbocycles. The van der Waals surface area contributed by atoms with Gasteiger partial charge in [0.2, 0.25) is 5.88 Å². The highest BCUT2D eigenvalue weighted by atomic mass is 35.5. The van der Waals surface area contributed by atoms with Crippen molar-refractivity contribution in [2.45, 2.75) is 6.54 Å². The van der Waals surface area contributed by atoms with Gasteiger partial charge in [-0.25, -0.2) is 9.97 Å². The van der Waals surface area contributed by atoms with Crippen molar-refractivity contribution in [3.05, 3.63) is 88.7 Å². The summed E-state index contributed by atoms with van der Waals surface area (Å²) in [4.78, 5) is 11.5. The summed E-state index contributed by atoms with van der Waals surface area (Å²) in [5, 5.41) is 22.5. The predicted octanol–water partition coefficient (Wildman–Crippen LogP) is 5.56. The number of halogens is 2. The Labute approximate surface area is 248 Å². The number of nitrogens with one attached hydrogen (secondary N) is 1. The molecule has 0 atom stereocenters. The number of aliphatic hydroxyl groups excluding tert-OH is 2. The van der Waals surface area contributed by atoms with Gasteiger partial charge in [0.15, 0.2) is 0 Å². The summed E-state index contributed by atoms with van der Waals surface area (Å²) in [5.74, 6) is 0.493. The van der Waals surface area contributed by atoms with E-state index in [0.29, 0.717) is 41.3 Å². The predicted molar refractivity (Wildman–Crippen MR) is 165 cm³/mol. The number of hydrogen-bond acceptors (Lipinski definition) is 7. The van der Waals surface area contributed by atoms with Crippen LogP contribution in [0.5, 0.6) is 5.88 Å². The number of aromatic nitrogens is 3. The largest absolute Gasteiger partial charge is 0.481 e. The molecule has 5 rings (SSSR count). The van der Waals surface area contributed by atoms with Crippen molar-refractivity contribution in [1.29, 1.82) is 0 Å². The number of fused-ring (bicyclic) bond motifs is 1. The molecule has 0 fully saturated rings. The number of methoxy groups -OCH3 is 1. The number of benzene rings is 2. The van der Waals surface area contributed by atoms with Crippen LogP contribution in [0.25, 0.3) is 39.3 Å². The van der Waals surface area contributed by atoms with E-state index >= 15 is 0 Å². The van der Waals surface area contributed by atoms with Crippen LogP contribution in [0, 0.1) is 0 Å². The van der Waals surface area contributed by atoms with Crippen LogP contribution >= 0.6 is 23.2 Å². The third kappa shape index (κ3) is 6.02. The van der Waals surface area contributed by atoms with Crippen molar-refractivity contribution in [3.8, 4) is 39.5 Å². The number of hydrogen-bond donors (Lipinski definition) is 3. The molecule has 0 aliphatic heterocycles. The average molecular weight is 593 g/mol. The molecule has 0 saturated heterocycles. The van der Waals surface area contributed by atoms with Crippen LogP contribution in [-0.4, -0.2) is 65.0 Å². The first-order chi connectivity index (χ1) is 19.9. The van der Waals surface area contributed by atoms with Crippen LogP contribution < -0.4 is 15.0 Å². The molecular weight excluding hydrogens is 561 g/mol. The van der Waals surface area contributed by atoms with Crippen molar-refractivity contribution < 1.29 is 14.9 Å². The fraction of sp³-hybridized carbons (Fsp3) is 0.226. The standard InChI is InChI=1S/C31H31Cl2N5O3/c1-37(14-16-40)21-10-12-28-35-27(19-38(28)18-21)25-8-4-6-23(30(25)33)22-5-3-7-24(29(22)32)26-11-9-20(17-34-13-15-39)31(36-26)41-2/h3-12,18-19,34,39-40H,13-17H2,1-2H3. The van der Waals surface area contributed by atoms with Gasteiger partial charge in [-0.05, 0) is 18.2 Å². The molecule has 41 heavy (non-hydrogen) atoms. The quantitative estimate of drug-likeness (QED) is 0.173. The second-order valence-corrected chi connectivity index (χ2v) is 10.3. The highest BCUT2D eigenvalue weighted by Crippen LogP contribution is 2.42. The minimum Gasteiger partial charge on any atom is -0.481 e. The average Bonchev–Trinajstić information content (AvgIpc) is 3.41. The topological polar surface area (TPSA) is 95.2 Å². The van der Waals surface area contributed by atoms with Gasteiger partial charge in [0, 0.05) is 66.9 Å². The van der Waals surface area contributed by atoms with Crippen molar-refractivity contribution in [2.24, 2.45) is 0 Å². The lowest BCUT2D eigenvalue weighted by Crippen LogP contribution is -2.21. The summed E-state index contributed by atoms with van der Waals surface area (Å²) >= 11 is 14.0. The number of pyridine rings is 2. The first-order valence-electron chi connectivity index (χ1n) is 13.2. The number of imidazole rings is 1. The maximum absolute atomic E-state index is 9.28. The number of ether oxygens (including phenoxy) is 1. The monoisotopic (exact) mass is 591 g/mol. The zero-order valence-corrected chi connectivity index (χ0v) is 24.3. The molecule has 0 amide bonds. The van der Waals surface area contributed by atoms with Crippen LogP contribution in [0.15, 0.2) is 73.1 Å². The minimum absolute atomic E-state index is 0.0566. The smallest absolute Gasteiger partial charge is 0.218 e. The molecule has 8 nitrogen and oxygen atoms in total. The van der Waals surface area contributed by atoms with Gasteiger partial charge >= 0.3 is 0 Å². The molecule has 0 bridgehead atoms. The van der Waals surface area contributed by atoms with Crippen LogP contribution in [0.4, 0.5) is 5.69 Å². The van der Waals surface area contributed by atoms with E-state index in [-0.39, 0.29) is 13.2 Å². The van der Waals surface area contributed by atoms with Gasteiger partial charge in [-0.3, -0.25) is 0 Å². The van der Waals surface area contributed by atoms with Gasteiger partial charge in [0.1, 0.15) is 5.65 Å². The molecule has 0 radical (unpaired) electrons. The lowest BCUT2D eigenvalue weighted by molar-refractivity contribution is 0.291. The zero-order valence-electron chi connectivity index (χ0n) is 22.8. The molecule has 3 heterocycles.